The normalized spacial score (nSPS) is 10.8. The van der Waals surface area contributed by atoms with Gasteiger partial charge in [0.05, 0.1) is 0 Å². The van der Waals surface area contributed by atoms with Gasteiger partial charge in [0.1, 0.15) is 5.69 Å². The van der Waals surface area contributed by atoms with Gasteiger partial charge in [0.2, 0.25) is 5.95 Å². The smallest absolute Gasteiger partial charge is 0.270 e. The van der Waals surface area contributed by atoms with Crippen molar-refractivity contribution in [1.82, 2.24) is 20.3 Å². The fraction of sp³-hybridized carbons (Fsp3) is 0.174. The monoisotopic (exact) mass is 385 g/mol. The Morgan fingerprint density at radius 1 is 0.931 bits per heavy atom. The Morgan fingerprint density at radius 3 is 2.66 bits per heavy atom. The van der Waals surface area contributed by atoms with E-state index < -0.39 is 0 Å². The number of hydrogen-bond donors (Lipinski definition) is 3. The minimum atomic E-state index is -0.196. The van der Waals surface area contributed by atoms with Crippen molar-refractivity contribution < 1.29 is 4.79 Å². The number of carbonyl (C=O) groups excluding carboxylic acids is 1. The van der Waals surface area contributed by atoms with Crippen molar-refractivity contribution in [3.63, 3.8) is 0 Å². The van der Waals surface area contributed by atoms with Crippen LogP contribution in [0.25, 0.3) is 10.9 Å². The summed E-state index contributed by atoms with van der Waals surface area (Å²) in [6.07, 6.45) is 5.22. The zero-order valence-corrected chi connectivity index (χ0v) is 16.1. The molecule has 4 aromatic rings. The van der Waals surface area contributed by atoms with Gasteiger partial charge in [-0.05, 0) is 36.1 Å². The molecule has 1 amide bonds. The number of carbonyl (C=O) groups is 1. The number of nitrogens with zero attached hydrogens (tertiary/aromatic N) is 2. The molecule has 2 aromatic heterocycles. The van der Waals surface area contributed by atoms with Crippen LogP contribution in [0.1, 0.15) is 21.6 Å². The maximum absolute atomic E-state index is 12.4. The van der Waals surface area contributed by atoms with E-state index in [1.54, 1.807) is 12.3 Å². The zero-order valence-electron chi connectivity index (χ0n) is 16.1. The first-order valence-electron chi connectivity index (χ1n) is 9.73. The number of hydrogen-bond acceptors (Lipinski definition) is 4. The predicted octanol–water partition coefficient (Wildman–Crippen LogP) is 3.59. The van der Waals surface area contributed by atoms with E-state index >= 15 is 0 Å². The largest absolute Gasteiger partial charge is 0.361 e. The summed E-state index contributed by atoms with van der Waals surface area (Å²) in [5, 5.41) is 7.31. The van der Waals surface area contributed by atoms with E-state index in [4.69, 9.17) is 0 Å². The number of rotatable bonds is 8. The van der Waals surface area contributed by atoms with Crippen LogP contribution in [0, 0.1) is 0 Å². The molecule has 2 heterocycles. The Hall–Kier alpha value is -3.67. The number of anilines is 1. The van der Waals surface area contributed by atoms with Gasteiger partial charge in [0.15, 0.2) is 0 Å². The van der Waals surface area contributed by atoms with E-state index in [1.165, 1.54) is 16.5 Å². The van der Waals surface area contributed by atoms with Crippen LogP contribution in [0.4, 0.5) is 5.95 Å². The van der Waals surface area contributed by atoms with E-state index in [1.807, 2.05) is 42.6 Å². The summed E-state index contributed by atoms with van der Waals surface area (Å²) in [5.74, 6) is 0.267. The van der Waals surface area contributed by atoms with Gasteiger partial charge < -0.3 is 15.6 Å². The molecule has 0 aliphatic carbocycles. The summed E-state index contributed by atoms with van der Waals surface area (Å²) in [5.41, 5.74) is 3.90. The highest BCUT2D eigenvalue weighted by Crippen LogP contribution is 2.17. The molecule has 0 aliphatic heterocycles. The standard InChI is InChI=1S/C23H23N5O/c29-22(24-14-11-18-16-27-20-9-5-4-8-19(18)20)21-12-15-26-23(28-21)25-13-10-17-6-2-1-3-7-17/h1-9,12,15-16,27H,10-11,13-14H2,(H,24,29)(H,25,26,28). The van der Waals surface area contributed by atoms with Crippen molar-refractivity contribution in [3.8, 4) is 0 Å². The summed E-state index contributed by atoms with van der Waals surface area (Å²) in [7, 11) is 0. The van der Waals surface area contributed by atoms with Crippen LogP contribution < -0.4 is 10.6 Å². The third-order valence-corrected chi connectivity index (χ3v) is 4.78. The lowest BCUT2D eigenvalue weighted by Crippen LogP contribution is -2.27. The third-order valence-electron chi connectivity index (χ3n) is 4.78. The number of H-pyrrole nitrogens is 1. The third kappa shape index (κ3) is 4.79. The van der Waals surface area contributed by atoms with Gasteiger partial charge in [0, 0.05) is 36.4 Å². The second-order valence-electron chi connectivity index (χ2n) is 6.79. The second-order valence-corrected chi connectivity index (χ2v) is 6.79. The molecule has 0 atom stereocenters. The number of fused-ring (bicyclic) bond motifs is 1. The van der Waals surface area contributed by atoms with Crippen LogP contribution in [0.2, 0.25) is 0 Å². The lowest BCUT2D eigenvalue weighted by molar-refractivity contribution is 0.0949. The molecule has 0 spiro atoms. The van der Waals surface area contributed by atoms with Crippen LogP contribution in [0.5, 0.6) is 0 Å². The zero-order chi connectivity index (χ0) is 19.9. The van der Waals surface area contributed by atoms with E-state index in [2.05, 4.69) is 43.8 Å². The molecular weight excluding hydrogens is 362 g/mol. The van der Waals surface area contributed by atoms with Crippen molar-refractivity contribution in [2.45, 2.75) is 12.8 Å². The first-order valence-corrected chi connectivity index (χ1v) is 9.73. The van der Waals surface area contributed by atoms with Crippen LogP contribution in [0.15, 0.2) is 73.1 Å². The summed E-state index contributed by atoms with van der Waals surface area (Å²) >= 11 is 0. The minimum absolute atomic E-state index is 0.196. The molecule has 146 valence electrons. The topological polar surface area (TPSA) is 82.7 Å². The highest BCUT2D eigenvalue weighted by atomic mass is 16.1. The SMILES string of the molecule is O=C(NCCc1c[nH]c2ccccc12)c1ccnc(NCCc2ccccc2)n1. The maximum atomic E-state index is 12.4. The van der Waals surface area contributed by atoms with Gasteiger partial charge >= 0.3 is 0 Å². The van der Waals surface area contributed by atoms with E-state index in [0.29, 0.717) is 24.7 Å². The molecule has 0 aliphatic rings. The molecule has 29 heavy (non-hydrogen) atoms. The Bertz CT molecular complexity index is 1090. The maximum Gasteiger partial charge on any atom is 0.270 e. The Labute approximate surface area is 169 Å². The van der Waals surface area contributed by atoms with E-state index in [-0.39, 0.29) is 5.91 Å². The predicted molar refractivity (Wildman–Crippen MR) is 115 cm³/mol. The fourth-order valence-corrected chi connectivity index (χ4v) is 3.27. The number of nitrogens with one attached hydrogen (secondary N) is 3. The molecule has 0 fully saturated rings. The van der Waals surface area contributed by atoms with Crippen LogP contribution in [0.3, 0.4) is 0 Å². The number of para-hydroxylation sites is 1. The van der Waals surface area contributed by atoms with Gasteiger partial charge in [-0.2, -0.15) is 0 Å². The summed E-state index contributed by atoms with van der Waals surface area (Å²) in [6, 6.07) is 20.0. The van der Waals surface area contributed by atoms with Crippen molar-refractivity contribution in [2.75, 3.05) is 18.4 Å². The highest BCUT2D eigenvalue weighted by molar-refractivity contribution is 5.92. The molecule has 0 saturated heterocycles. The van der Waals surface area contributed by atoms with Gasteiger partial charge in [0.25, 0.3) is 5.91 Å². The summed E-state index contributed by atoms with van der Waals surface area (Å²) < 4.78 is 0. The quantitative estimate of drug-likeness (QED) is 0.433. The van der Waals surface area contributed by atoms with Crippen molar-refractivity contribution in [3.05, 3.63) is 89.9 Å². The van der Waals surface area contributed by atoms with Gasteiger partial charge in [-0.1, -0.05) is 48.5 Å². The van der Waals surface area contributed by atoms with Crippen molar-refractivity contribution in [2.24, 2.45) is 0 Å². The average molecular weight is 385 g/mol. The molecule has 4 rings (SSSR count). The van der Waals surface area contributed by atoms with Gasteiger partial charge in [-0.3, -0.25) is 4.79 Å². The van der Waals surface area contributed by atoms with Crippen molar-refractivity contribution in [1.29, 1.82) is 0 Å². The molecule has 6 nitrogen and oxygen atoms in total. The summed E-state index contributed by atoms with van der Waals surface area (Å²) in [4.78, 5) is 24.2. The lowest BCUT2D eigenvalue weighted by Gasteiger charge is -2.07. The summed E-state index contributed by atoms with van der Waals surface area (Å²) in [6.45, 7) is 1.25. The van der Waals surface area contributed by atoms with Gasteiger partial charge in [-0.25, -0.2) is 9.97 Å². The number of aromatic nitrogens is 3. The molecule has 6 heteroatoms. The molecule has 2 aromatic carbocycles. The van der Waals surface area contributed by atoms with Crippen LogP contribution in [-0.4, -0.2) is 33.9 Å². The van der Waals surface area contributed by atoms with E-state index in [0.717, 1.165) is 18.4 Å². The molecule has 0 saturated carbocycles. The fourth-order valence-electron chi connectivity index (χ4n) is 3.27. The molecule has 0 unspecified atom stereocenters. The molecule has 3 N–H and O–H groups in total. The minimum Gasteiger partial charge on any atom is -0.361 e. The average Bonchev–Trinajstić information content (AvgIpc) is 3.18. The van der Waals surface area contributed by atoms with Crippen LogP contribution >= 0.6 is 0 Å². The first kappa shape index (κ1) is 18.7. The lowest BCUT2D eigenvalue weighted by atomic mass is 10.1. The molecule has 0 radical (unpaired) electrons. The second kappa shape index (κ2) is 9.01. The molecular formula is C23H23N5O. The molecule has 0 bridgehead atoms. The Morgan fingerprint density at radius 2 is 1.76 bits per heavy atom. The number of aromatic amines is 1. The van der Waals surface area contributed by atoms with Crippen LogP contribution in [-0.2, 0) is 12.8 Å². The Balaban J connectivity index is 1.29. The van der Waals surface area contributed by atoms with E-state index in [9.17, 15) is 4.79 Å². The van der Waals surface area contributed by atoms with Gasteiger partial charge in [-0.15, -0.1) is 0 Å². The first-order chi connectivity index (χ1) is 14.3. The van der Waals surface area contributed by atoms with Crippen molar-refractivity contribution >= 4 is 22.8 Å². The number of benzene rings is 2. The number of amides is 1. The Kier molecular flexibility index (Phi) is 5.81. The highest BCUT2D eigenvalue weighted by Gasteiger charge is 2.09.